The number of imide groups is 1. The van der Waals surface area contributed by atoms with Crippen LogP contribution in [0.1, 0.15) is 27.4 Å². The Morgan fingerprint density at radius 1 is 1.14 bits per heavy atom. The minimum absolute atomic E-state index is 0.171. The number of carbonyl (C=O) groups excluding carboxylic acids is 2. The number of hydrogen-bond acceptors (Lipinski definition) is 6. The Morgan fingerprint density at radius 3 is 2.76 bits per heavy atom. The number of amides is 2. The number of aliphatic imine (C=N–C) groups is 1. The van der Waals surface area contributed by atoms with E-state index in [1.807, 2.05) is 49.3 Å². The summed E-state index contributed by atoms with van der Waals surface area (Å²) >= 11 is 0. The molecule has 2 aromatic rings. The fourth-order valence-electron chi connectivity index (χ4n) is 3.46. The van der Waals surface area contributed by atoms with Gasteiger partial charge in [0.25, 0.3) is 5.91 Å². The van der Waals surface area contributed by atoms with Gasteiger partial charge in [-0.25, -0.2) is 0 Å². The van der Waals surface area contributed by atoms with E-state index in [0.717, 1.165) is 12.1 Å². The molecule has 0 aromatic heterocycles. The van der Waals surface area contributed by atoms with Crippen molar-refractivity contribution in [3.8, 4) is 11.5 Å². The first-order chi connectivity index (χ1) is 14.0. The molecule has 0 saturated heterocycles. The van der Waals surface area contributed by atoms with Crippen LogP contribution in [0.3, 0.4) is 0 Å². The van der Waals surface area contributed by atoms with Gasteiger partial charge in [-0.05, 0) is 43.4 Å². The number of rotatable bonds is 6. The lowest BCUT2D eigenvalue weighted by atomic mass is 9.89. The zero-order valence-corrected chi connectivity index (χ0v) is 16.5. The zero-order valence-electron chi connectivity index (χ0n) is 16.5. The van der Waals surface area contributed by atoms with E-state index in [-0.39, 0.29) is 25.2 Å². The lowest BCUT2D eigenvalue weighted by molar-refractivity contribution is -0.129. The molecule has 0 N–H and O–H groups in total. The van der Waals surface area contributed by atoms with E-state index >= 15 is 0 Å². The number of nitrogens with zero attached hydrogens (tertiary/aromatic N) is 3. The molecule has 1 unspecified atom stereocenters. The molecule has 29 heavy (non-hydrogen) atoms. The van der Waals surface area contributed by atoms with Crippen molar-refractivity contribution in [2.24, 2.45) is 4.99 Å². The van der Waals surface area contributed by atoms with Crippen LogP contribution in [0.15, 0.2) is 47.5 Å². The minimum Gasteiger partial charge on any atom is -0.454 e. The van der Waals surface area contributed by atoms with E-state index in [0.29, 0.717) is 29.2 Å². The van der Waals surface area contributed by atoms with Crippen LogP contribution in [-0.2, 0) is 11.3 Å². The number of benzene rings is 2. The quantitative estimate of drug-likeness (QED) is 0.556. The third-order valence-electron chi connectivity index (χ3n) is 5.01. The van der Waals surface area contributed by atoms with Gasteiger partial charge in [0.2, 0.25) is 12.7 Å². The Hall–Kier alpha value is -3.19. The van der Waals surface area contributed by atoms with Gasteiger partial charge in [0.05, 0.1) is 19.0 Å². The predicted octanol–water partition coefficient (Wildman–Crippen LogP) is 2.31. The lowest BCUT2D eigenvalue weighted by Crippen LogP contribution is -2.44. The highest BCUT2D eigenvalue weighted by Crippen LogP contribution is 2.34. The van der Waals surface area contributed by atoms with Gasteiger partial charge >= 0.3 is 0 Å². The summed E-state index contributed by atoms with van der Waals surface area (Å²) in [5, 5.41) is 0. The van der Waals surface area contributed by atoms with Gasteiger partial charge in [0.1, 0.15) is 0 Å². The van der Waals surface area contributed by atoms with Crippen molar-refractivity contribution in [2.45, 2.75) is 12.5 Å². The summed E-state index contributed by atoms with van der Waals surface area (Å²) in [5.74, 6) is 0.171. The molecule has 7 heteroatoms. The molecule has 2 aliphatic heterocycles. The summed E-state index contributed by atoms with van der Waals surface area (Å²) in [5.41, 5.74) is 2.05. The first-order valence-electron chi connectivity index (χ1n) is 9.52. The average molecular weight is 393 g/mol. The maximum Gasteiger partial charge on any atom is 0.261 e. The van der Waals surface area contributed by atoms with Gasteiger partial charge in [0, 0.05) is 18.3 Å². The molecule has 150 valence electrons. The Balaban J connectivity index is 1.61. The fourth-order valence-corrected chi connectivity index (χ4v) is 3.46. The minimum atomic E-state index is -0.569. The molecule has 7 nitrogen and oxygen atoms in total. The van der Waals surface area contributed by atoms with Crippen molar-refractivity contribution in [1.82, 2.24) is 9.80 Å². The molecule has 0 saturated carbocycles. The van der Waals surface area contributed by atoms with Gasteiger partial charge in [0.15, 0.2) is 11.5 Å². The second-order valence-corrected chi connectivity index (χ2v) is 7.34. The molecule has 1 atom stereocenters. The van der Waals surface area contributed by atoms with Gasteiger partial charge in [-0.15, -0.1) is 0 Å². The van der Waals surface area contributed by atoms with Crippen molar-refractivity contribution >= 4 is 18.0 Å². The van der Waals surface area contributed by atoms with Crippen molar-refractivity contribution in [2.75, 3.05) is 34.0 Å². The second-order valence-electron chi connectivity index (χ2n) is 7.34. The van der Waals surface area contributed by atoms with Crippen molar-refractivity contribution < 1.29 is 19.1 Å². The van der Waals surface area contributed by atoms with Crippen LogP contribution in [-0.4, -0.2) is 61.8 Å². The number of likely N-dealkylation sites (N-methyl/N-ethyl adjacent to an activating group) is 1. The Labute approximate surface area is 169 Å². The predicted molar refractivity (Wildman–Crippen MR) is 109 cm³/mol. The average Bonchev–Trinajstić information content (AvgIpc) is 3.18. The first-order valence-corrected chi connectivity index (χ1v) is 9.52. The molecule has 0 bridgehead atoms. The molecule has 2 aliphatic rings. The Bertz CT molecular complexity index is 970. The first kappa shape index (κ1) is 19.1. The molecule has 2 amide bonds. The van der Waals surface area contributed by atoms with Crippen LogP contribution in [0.4, 0.5) is 0 Å². The van der Waals surface area contributed by atoms with Crippen LogP contribution in [0.2, 0.25) is 0 Å². The Morgan fingerprint density at radius 2 is 1.93 bits per heavy atom. The van der Waals surface area contributed by atoms with Gasteiger partial charge in [-0.1, -0.05) is 24.3 Å². The number of hydrogen-bond donors (Lipinski definition) is 0. The lowest BCUT2D eigenvalue weighted by Gasteiger charge is -2.31. The molecular formula is C22H23N3O4. The highest BCUT2D eigenvalue weighted by molar-refractivity contribution is 6.16. The van der Waals surface area contributed by atoms with Gasteiger partial charge < -0.3 is 14.4 Å². The molecule has 0 spiro atoms. The van der Waals surface area contributed by atoms with Crippen LogP contribution in [0, 0.1) is 0 Å². The highest BCUT2D eigenvalue weighted by atomic mass is 16.7. The van der Waals surface area contributed by atoms with E-state index < -0.39 is 5.92 Å². The standard InChI is InChI=1S/C22H23N3O4/c1-24(2)10-9-23-12-18-16-5-3-4-6-17(16)21(26)25(22(18)27)13-15-7-8-19-20(11-15)29-14-28-19/h3-8,11-12,18H,9-10,13-14H2,1-2H3. The molecule has 2 aromatic carbocycles. The molecule has 0 radical (unpaired) electrons. The molecule has 0 fully saturated rings. The summed E-state index contributed by atoms with van der Waals surface area (Å²) in [6.07, 6.45) is 1.67. The van der Waals surface area contributed by atoms with E-state index in [2.05, 4.69) is 4.99 Å². The van der Waals surface area contributed by atoms with Gasteiger partial charge in [-0.2, -0.15) is 0 Å². The number of carbonyl (C=O) groups is 2. The molecule has 0 aliphatic carbocycles. The second kappa shape index (κ2) is 8.05. The maximum absolute atomic E-state index is 13.2. The summed E-state index contributed by atoms with van der Waals surface area (Å²) in [6.45, 7) is 1.73. The van der Waals surface area contributed by atoms with Crippen molar-refractivity contribution in [3.63, 3.8) is 0 Å². The maximum atomic E-state index is 13.2. The van der Waals surface area contributed by atoms with Crippen LogP contribution >= 0.6 is 0 Å². The third-order valence-corrected chi connectivity index (χ3v) is 5.01. The van der Waals surface area contributed by atoms with E-state index in [1.165, 1.54) is 4.90 Å². The monoisotopic (exact) mass is 393 g/mol. The summed E-state index contributed by atoms with van der Waals surface area (Å²) in [7, 11) is 3.95. The SMILES string of the molecule is CN(C)CCN=CC1C(=O)N(Cc2ccc3c(c2)OCO3)C(=O)c2ccccc21. The number of ether oxygens (including phenoxy) is 2. The number of fused-ring (bicyclic) bond motifs is 2. The summed E-state index contributed by atoms with van der Waals surface area (Å²) in [4.78, 5) is 34.0. The van der Waals surface area contributed by atoms with E-state index in [4.69, 9.17) is 9.47 Å². The summed E-state index contributed by atoms with van der Waals surface area (Å²) in [6, 6.07) is 12.7. The van der Waals surface area contributed by atoms with Crippen LogP contribution in [0.5, 0.6) is 11.5 Å². The van der Waals surface area contributed by atoms with E-state index in [9.17, 15) is 9.59 Å². The van der Waals surface area contributed by atoms with Crippen molar-refractivity contribution in [1.29, 1.82) is 0 Å². The van der Waals surface area contributed by atoms with Gasteiger partial charge in [-0.3, -0.25) is 19.5 Å². The van der Waals surface area contributed by atoms with E-state index in [1.54, 1.807) is 18.3 Å². The summed E-state index contributed by atoms with van der Waals surface area (Å²) < 4.78 is 10.7. The molecule has 2 heterocycles. The topological polar surface area (TPSA) is 71.4 Å². The molecular weight excluding hydrogens is 370 g/mol. The van der Waals surface area contributed by atoms with Crippen LogP contribution < -0.4 is 9.47 Å². The van der Waals surface area contributed by atoms with Crippen molar-refractivity contribution in [3.05, 3.63) is 59.2 Å². The fraction of sp³-hybridized carbons (Fsp3) is 0.318. The smallest absolute Gasteiger partial charge is 0.261 e. The normalized spacial score (nSPS) is 18.0. The van der Waals surface area contributed by atoms with Crippen LogP contribution in [0.25, 0.3) is 0 Å². The zero-order chi connectivity index (χ0) is 20.4. The molecule has 4 rings (SSSR count). The Kier molecular flexibility index (Phi) is 5.31. The largest absolute Gasteiger partial charge is 0.454 e. The third kappa shape index (κ3) is 3.86. The highest BCUT2D eigenvalue weighted by Gasteiger charge is 2.37.